The maximum absolute atomic E-state index is 10.7. The van der Waals surface area contributed by atoms with Crippen LogP contribution in [0.2, 0.25) is 0 Å². The number of rotatable bonds is 1. The molecule has 0 bridgehead atoms. The van der Waals surface area contributed by atoms with Crippen LogP contribution in [0.1, 0.15) is 19.3 Å². The van der Waals surface area contributed by atoms with Crippen molar-refractivity contribution in [2.45, 2.75) is 30.8 Å². The van der Waals surface area contributed by atoms with Gasteiger partial charge < -0.3 is 5.73 Å². The van der Waals surface area contributed by atoms with E-state index in [1.807, 2.05) is 0 Å². The molecule has 11 heavy (non-hydrogen) atoms. The van der Waals surface area contributed by atoms with Gasteiger partial charge in [-0.3, -0.25) is 10.1 Å². The van der Waals surface area contributed by atoms with Gasteiger partial charge in [-0.1, -0.05) is 12.2 Å². The Labute approximate surface area is 65.6 Å². The van der Waals surface area contributed by atoms with Gasteiger partial charge in [0.25, 0.3) is 0 Å². The van der Waals surface area contributed by atoms with E-state index < -0.39 is 0 Å². The lowest BCUT2D eigenvalue weighted by molar-refractivity contribution is -0.124. The molecule has 1 heterocycles. The molecule has 3 nitrogen and oxygen atoms in total. The molecule has 0 aromatic rings. The molecule has 1 aliphatic carbocycles. The van der Waals surface area contributed by atoms with Crippen LogP contribution >= 0.6 is 0 Å². The first-order valence-corrected chi connectivity index (χ1v) is 3.94. The first-order valence-electron chi connectivity index (χ1n) is 3.94. The molecule has 1 fully saturated rings. The summed E-state index contributed by atoms with van der Waals surface area (Å²) < 4.78 is 0. The summed E-state index contributed by atoms with van der Waals surface area (Å²) in [5.41, 5.74) is 5.33. The molecule has 0 aromatic heterocycles. The summed E-state index contributed by atoms with van der Waals surface area (Å²) in [5.74, 6) is -0.220. The van der Waals surface area contributed by atoms with Crippen molar-refractivity contribution in [2.75, 3.05) is 0 Å². The molecule has 0 radical (unpaired) electrons. The maximum Gasteiger partial charge on any atom is 0.234 e. The molecule has 1 amide bonds. The summed E-state index contributed by atoms with van der Waals surface area (Å²) in [4.78, 5) is 10.7. The minimum atomic E-state index is -0.220. The van der Waals surface area contributed by atoms with E-state index in [2.05, 4.69) is 17.5 Å². The standard InChI is InChI=1S/C8H12N2O/c9-7(11)6-5-8(10-6)3-1-2-4-8/h1-2,6,10H,3-5H2,(H2,9,11). The molecule has 1 spiro atoms. The molecule has 1 atom stereocenters. The monoisotopic (exact) mass is 152 g/mol. The second kappa shape index (κ2) is 2.08. The highest BCUT2D eigenvalue weighted by atomic mass is 16.1. The Morgan fingerprint density at radius 2 is 2.09 bits per heavy atom. The lowest BCUT2D eigenvalue weighted by Crippen LogP contribution is -2.66. The van der Waals surface area contributed by atoms with Gasteiger partial charge in [-0.2, -0.15) is 0 Å². The van der Waals surface area contributed by atoms with Crippen molar-refractivity contribution in [1.82, 2.24) is 5.32 Å². The number of nitrogens with two attached hydrogens (primary N) is 1. The van der Waals surface area contributed by atoms with Gasteiger partial charge in [0.15, 0.2) is 0 Å². The average Bonchev–Trinajstić information content (AvgIpc) is 2.29. The zero-order valence-electron chi connectivity index (χ0n) is 6.34. The van der Waals surface area contributed by atoms with E-state index in [-0.39, 0.29) is 17.5 Å². The number of nitrogens with one attached hydrogen (secondary N) is 1. The molecule has 1 saturated heterocycles. The predicted octanol–water partition coefficient (Wildman–Crippen LogP) is -0.0776. The number of amides is 1. The molecule has 1 unspecified atom stereocenters. The summed E-state index contributed by atoms with van der Waals surface area (Å²) in [7, 11) is 0. The lowest BCUT2D eigenvalue weighted by atomic mass is 9.79. The van der Waals surface area contributed by atoms with Gasteiger partial charge >= 0.3 is 0 Å². The Balaban J connectivity index is 1.92. The second-order valence-corrected chi connectivity index (χ2v) is 3.46. The third-order valence-corrected chi connectivity index (χ3v) is 2.60. The molecule has 60 valence electrons. The highest BCUT2D eigenvalue weighted by molar-refractivity contribution is 5.81. The van der Waals surface area contributed by atoms with Crippen molar-refractivity contribution in [2.24, 2.45) is 5.73 Å². The van der Waals surface area contributed by atoms with Crippen LogP contribution in [-0.4, -0.2) is 17.5 Å². The van der Waals surface area contributed by atoms with Gasteiger partial charge in [0, 0.05) is 5.54 Å². The summed E-state index contributed by atoms with van der Waals surface area (Å²) in [6.07, 6.45) is 7.33. The minimum Gasteiger partial charge on any atom is -0.368 e. The van der Waals surface area contributed by atoms with E-state index in [4.69, 9.17) is 5.73 Å². The Morgan fingerprint density at radius 3 is 2.55 bits per heavy atom. The van der Waals surface area contributed by atoms with Crippen molar-refractivity contribution in [3.63, 3.8) is 0 Å². The van der Waals surface area contributed by atoms with Gasteiger partial charge in [-0.05, 0) is 19.3 Å². The Kier molecular flexibility index (Phi) is 1.29. The van der Waals surface area contributed by atoms with Crippen molar-refractivity contribution in [3.8, 4) is 0 Å². The summed E-state index contributed by atoms with van der Waals surface area (Å²) in [6.45, 7) is 0. The SMILES string of the molecule is NC(=O)C1CC2(CC=CC2)N1. The van der Waals surface area contributed by atoms with E-state index in [0.717, 1.165) is 19.3 Å². The highest BCUT2D eigenvalue weighted by Crippen LogP contribution is 2.35. The third-order valence-electron chi connectivity index (χ3n) is 2.60. The zero-order valence-corrected chi connectivity index (χ0v) is 6.34. The Bertz CT molecular complexity index is 206. The van der Waals surface area contributed by atoms with Gasteiger partial charge in [0.2, 0.25) is 5.91 Å². The first-order chi connectivity index (χ1) is 5.22. The molecular weight excluding hydrogens is 140 g/mol. The minimum absolute atomic E-state index is 0.0742. The molecule has 3 heteroatoms. The normalized spacial score (nSPS) is 32.2. The maximum atomic E-state index is 10.7. The number of carbonyl (C=O) groups excluding carboxylic acids is 1. The van der Waals surface area contributed by atoms with Gasteiger partial charge in [-0.15, -0.1) is 0 Å². The summed E-state index contributed by atoms with van der Waals surface area (Å²) in [6, 6.07) is -0.0742. The lowest BCUT2D eigenvalue weighted by Gasteiger charge is -2.45. The van der Waals surface area contributed by atoms with Crippen LogP contribution in [0, 0.1) is 0 Å². The quantitative estimate of drug-likeness (QED) is 0.516. The highest BCUT2D eigenvalue weighted by Gasteiger charge is 2.45. The number of carbonyl (C=O) groups is 1. The molecule has 3 N–H and O–H groups in total. The first kappa shape index (κ1) is 6.85. The third kappa shape index (κ3) is 0.959. The smallest absolute Gasteiger partial charge is 0.234 e. The van der Waals surface area contributed by atoms with E-state index in [1.54, 1.807) is 0 Å². The van der Waals surface area contributed by atoms with E-state index in [0.29, 0.717) is 0 Å². The van der Waals surface area contributed by atoms with Crippen LogP contribution in [0.25, 0.3) is 0 Å². The van der Waals surface area contributed by atoms with Crippen molar-refractivity contribution in [3.05, 3.63) is 12.2 Å². The zero-order chi connectivity index (χ0) is 7.90. The van der Waals surface area contributed by atoms with Crippen molar-refractivity contribution in [1.29, 1.82) is 0 Å². The average molecular weight is 152 g/mol. The van der Waals surface area contributed by atoms with Crippen LogP contribution in [0.3, 0.4) is 0 Å². The fourth-order valence-corrected chi connectivity index (χ4v) is 1.90. The number of hydrogen-bond acceptors (Lipinski definition) is 2. The van der Waals surface area contributed by atoms with E-state index in [1.165, 1.54) is 0 Å². The molecular formula is C8H12N2O. The molecule has 2 aliphatic rings. The van der Waals surface area contributed by atoms with E-state index in [9.17, 15) is 4.79 Å². The van der Waals surface area contributed by atoms with Crippen LogP contribution in [0.4, 0.5) is 0 Å². The van der Waals surface area contributed by atoms with E-state index >= 15 is 0 Å². The van der Waals surface area contributed by atoms with Gasteiger partial charge in [0.1, 0.15) is 0 Å². The largest absolute Gasteiger partial charge is 0.368 e. The second-order valence-electron chi connectivity index (χ2n) is 3.46. The Morgan fingerprint density at radius 1 is 1.55 bits per heavy atom. The molecule has 0 saturated carbocycles. The number of hydrogen-bond donors (Lipinski definition) is 2. The molecule has 0 aromatic carbocycles. The molecule has 1 aliphatic heterocycles. The van der Waals surface area contributed by atoms with Crippen molar-refractivity contribution >= 4 is 5.91 Å². The van der Waals surface area contributed by atoms with Crippen LogP contribution in [0.5, 0.6) is 0 Å². The Hall–Kier alpha value is -0.830. The van der Waals surface area contributed by atoms with Crippen LogP contribution in [0.15, 0.2) is 12.2 Å². The summed E-state index contributed by atoms with van der Waals surface area (Å²) in [5, 5.41) is 3.22. The van der Waals surface area contributed by atoms with Crippen LogP contribution in [-0.2, 0) is 4.79 Å². The van der Waals surface area contributed by atoms with Crippen molar-refractivity contribution < 1.29 is 4.79 Å². The summed E-state index contributed by atoms with van der Waals surface area (Å²) >= 11 is 0. The fourth-order valence-electron chi connectivity index (χ4n) is 1.90. The topological polar surface area (TPSA) is 55.1 Å². The molecule has 2 rings (SSSR count). The number of primary amides is 1. The van der Waals surface area contributed by atoms with Crippen LogP contribution < -0.4 is 11.1 Å². The van der Waals surface area contributed by atoms with Gasteiger partial charge in [-0.25, -0.2) is 0 Å². The fraction of sp³-hybridized carbons (Fsp3) is 0.625. The predicted molar refractivity (Wildman–Crippen MR) is 41.8 cm³/mol. The van der Waals surface area contributed by atoms with Gasteiger partial charge in [0.05, 0.1) is 6.04 Å².